The fraction of sp³-hybridized carbons (Fsp3) is 0.467. The van der Waals surface area contributed by atoms with Gasteiger partial charge < -0.3 is 10.1 Å². The largest absolute Gasteiger partial charge is 0.493 e. The summed E-state index contributed by atoms with van der Waals surface area (Å²) in [7, 11) is 0. The van der Waals surface area contributed by atoms with E-state index in [0.717, 1.165) is 34.2 Å². The molecule has 20 heavy (non-hydrogen) atoms. The van der Waals surface area contributed by atoms with Crippen molar-refractivity contribution >= 4 is 21.8 Å². The third kappa shape index (κ3) is 3.31. The zero-order valence-electron chi connectivity index (χ0n) is 11.4. The van der Waals surface area contributed by atoms with Crippen LogP contribution in [0.1, 0.15) is 30.9 Å². The molecule has 1 aliphatic rings. The predicted octanol–water partition coefficient (Wildman–Crippen LogP) is 2.94. The van der Waals surface area contributed by atoms with E-state index in [1.165, 1.54) is 0 Å². The van der Waals surface area contributed by atoms with E-state index in [0.29, 0.717) is 19.6 Å². The molecule has 0 saturated heterocycles. The number of benzene rings is 1. The third-order valence-corrected chi connectivity index (χ3v) is 3.79. The van der Waals surface area contributed by atoms with Crippen LogP contribution in [-0.2, 0) is 17.8 Å². The first-order valence-electron chi connectivity index (χ1n) is 6.77. The van der Waals surface area contributed by atoms with Gasteiger partial charge in [0.2, 0.25) is 5.91 Å². The number of fused-ring (bicyclic) bond motifs is 1. The van der Waals surface area contributed by atoms with Crippen molar-refractivity contribution in [2.24, 2.45) is 5.92 Å². The standard InChI is InChI=1S/C15H17BrN2O2/c1-2-3-11(8-17)15(19)18-9-12-7-13(16)6-10-4-5-20-14(10)12/h6-7,11H,2-5,9H2,1H3,(H,18,19). The van der Waals surface area contributed by atoms with Gasteiger partial charge in [0.15, 0.2) is 0 Å². The lowest BCUT2D eigenvalue weighted by molar-refractivity contribution is -0.123. The molecule has 1 aromatic carbocycles. The highest BCUT2D eigenvalue weighted by atomic mass is 79.9. The number of ether oxygens (including phenoxy) is 1. The summed E-state index contributed by atoms with van der Waals surface area (Å²) in [5.74, 6) is 0.0969. The number of rotatable bonds is 5. The van der Waals surface area contributed by atoms with Gasteiger partial charge in [-0.3, -0.25) is 4.79 Å². The van der Waals surface area contributed by atoms with E-state index in [1.54, 1.807) is 0 Å². The minimum absolute atomic E-state index is 0.207. The van der Waals surface area contributed by atoms with Crippen molar-refractivity contribution in [3.63, 3.8) is 0 Å². The minimum Gasteiger partial charge on any atom is -0.493 e. The van der Waals surface area contributed by atoms with E-state index in [-0.39, 0.29) is 5.91 Å². The zero-order chi connectivity index (χ0) is 14.5. The van der Waals surface area contributed by atoms with E-state index in [1.807, 2.05) is 19.1 Å². The molecule has 1 unspecified atom stereocenters. The van der Waals surface area contributed by atoms with E-state index in [9.17, 15) is 4.79 Å². The van der Waals surface area contributed by atoms with Gasteiger partial charge in [-0.2, -0.15) is 5.26 Å². The van der Waals surface area contributed by atoms with Crippen LogP contribution in [-0.4, -0.2) is 12.5 Å². The van der Waals surface area contributed by atoms with Gasteiger partial charge in [-0.1, -0.05) is 29.3 Å². The number of hydrogen-bond acceptors (Lipinski definition) is 3. The van der Waals surface area contributed by atoms with Gasteiger partial charge in [0.25, 0.3) is 0 Å². The molecule has 0 aromatic heterocycles. The molecule has 1 amide bonds. The Bertz CT molecular complexity index is 552. The van der Waals surface area contributed by atoms with Crippen LogP contribution in [0, 0.1) is 17.2 Å². The van der Waals surface area contributed by atoms with Gasteiger partial charge in [-0.05, 0) is 24.1 Å². The molecule has 0 fully saturated rings. The summed E-state index contributed by atoms with van der Waals surface area (Å²) in [5.41, 5.74) is 2.11. The van der Waals surface area contributed by atoms with Crippen LogP contribution in [0.4, 0.5) is 0 Å². The second-order valence-corrected chi connectivity index (χ2v) is 5.76. The van der Waals surface area contributed by atoms with Gasteiger partial charge in [0.1, 0.15) is 11.7 Å². The maximum atomic E-state index is 11.9. The molecule has 1 aromatic rings. The van der Waals surface area contributed by atoms with Gasteiger partial charge >= 0.3 is 0 Å². The summed E-state index contributed by atoms with van der Waals surface area (Å²) in [4.78, 5) is 11.9. The van der Waals surface area contributed by atoms with Gasteiger partial charge in [-0.25, -0.2) is 0 Å². The zero-order valence-corrected chi connectivity index (χ0v) is 13.0. The molecule has 1 atom stereocenters. The van der Waals surface area contributed by atoms with Gasteiger partial charge in [-0.15, -0.1) is 0 Å². The number of nitrogens with one attached hydrogen (secondary N) is 1. The fourth-order valence-corrected chi connectivity index (χ4v) is 2.88. The Kier molecular flexibility index (Phi) is 5.02. The second kappa shape index (κ2) is 6.76. The first-order chi connectivity index (χ1) is 9.65. The second-order valence-electron chi connectivity index (χ2n) is 4.84. The van der Waals surface area contributed by atoms with Crippen LogP contribution in [0.3, 0.4) is 0 Å². The molecule has 0 aliphatic carbocycles. The van der Waals surface area contributed by atoms with Crippen LogP contribution < -0.4 is 10.1 Å². The van der Waals surface area contributed by atoms with Crippen LogP contribution in [0.25, 0.3) is 0 Å². The molecular formula is C15H17BrN2O2. The lowest BCUT2D eigenvalue weighted by Crippen LogP contribution is -2.29. The topological polar surface area (TPSA) is 62.1 Å². The highest BCUT2D eigenvalue weighted by molar-refractivity contribution is 9.10. The summed E-state index contributed by atoms with van der Waals surface area (Å²) >= 11 is 3.47. The molecule has 1 aliphatic heterocycles. The van der Waals surface area contributed by atoms with Crippen molar-refractivity contribution in [1.29, 1.82) is 5.26 Å². The summed E-state index contributed by atoms with van der Waals surface area (Å²) in [6.07, 6.45) is 2.31. The Hall–Kier alpha value is -1.54. The van der Waals surface area contributed by atoms with Crippen LogP contribution in [0.15, 0.2) is 16.6 Å². The van der Waals surface area contributed by atoms with E-state index in [4.69, 9.17) is 10.00 Å². The molecule has 0 bridgehead atoms. The Balaban J connectivity index is 2.05. The molecule has 0 saturated carbocycles. The Morgan fingerprint density at radius 1 is 1.60 bits per heavy atom. The maximum Gasteiger partial charge on any atom is 0.237 e. The molecule has 0 radical (unpaired) electrons. The average molecular weight is 337 g/mol. The molecule has 1 heterocycles. The highest BCUT2D eigenvalue weighted by Gasteiger charge is 2.20. The lowest BCUT2D eigenvalue weighted by Gasteiger charge is -2.12. The normalized spacial score (nSPS) is 14.1. The number of nitriles is 1. The Morgan fingerprint density at radius 3 is 3.10 bits per heavy atom. The van der Waals surface area contributed by atoms with Crippen LogP contribution in [0.2, 0.25) is 0 Å². The van der Waals surface area contributed by atoms with Gasteiger partial charge in [0, 0.05) is 23.0 Å². The Labute approximate surface area is 127 Å². The Morgan fingerprint density at radius 2 is 2.40 bits per heavy atom. The summed E-state index contributed by atoms with van der Waals surface area (Å²) in [5, 5.41) is 11.8. The van der Waals surface area contributed by atoms with Crippen molar-refractivity contribution in [3.05, 3.63) is 27.7 Å². The monoisotopic (exact) mass is 336 g/mol. The minimum atomic E-state index is -0.568. The van der Waals surface area contributed by atoms with E-state index < -0.39 is 5.92 Å². The number of halogens is 1. The molecule has 1 N–H and O–H groups in total. The SMILES string of the molecule is CCCC(C#N)C(=O)NCc1cc(Br)cc2c1OCC2. The number of carbonyl (C=O) groups is 1. The van der Waals surface area contributed by atoms with Crippen molar-refractivity contribution < 1.29 is 9.53 Å². The lowest BCUT2D eigenvalue weighted by atomic mass is 10.0. The molecule has 2 rings (SSSR count). The molecule has 106 valence electrons. The van der Waals surface area contributed by atoms with Crippen molar-refractivity contribution in [1.82, 2.24) is 5.32 Å². The summed E-state index contributed by atoms with van der Waals surface area (Å²) in [6.45, 7) is 3.04. The average Bonchev–Trinajstić information content (AvgIpc) is 2.89. The molecule has 4 nitrogen and oxygen atoms in total. The van der Waals surface area contributed by atoms with Crippen LogP contribution >= 0.6 is 15.9 Å². The molecular weight excluding hydrogens is 320 g/mol. The summed E-state index contributed by atoms with van der Waals surface area (Å²) in [6, 6.07) is 6.04. The molecule has 0 spiro atoms. The van der Waals surface area contributed by atoms with Crippen molar-refractivity contribution in [2.45, 2.75) is 32.7 Å². The molecule has 5 heteroatoms. The van der Waals surface area contributed by atoms with Crippen LogP contribution in [0.5, 0.6) is 5.75 Å². The quantitative estimate of drug-likeness (QED) is 0.899. The smallest absolute Gasteiger partial charge is 0.237 e. The highest BCUT2D eigenvalue weighted by Crippen LogP contribution is 2.32. The maximum absolute atomic E-state index is 11.9. The number of amides is 1. The predicted molar refractivity (Wildman–Crippen MR) is 79.2 cm³/mol. The van der Waals surface area contributed by atoms with Gasteiger partial charge in [0.05, 0.1) is 12.7 Å². The fourth-order valence-electron chi connectivity index (χ4n) is 2.33. The van der Waals surface area contributed by atoms with Crippen molar-refractivity contribution in [2.75, 3.05) is 6.61 Å². The first kappa shape index (κ1) is 14.9. The first-order valence-corrected chi connectivity index (χ1v) is 7.56. The number of carbonyl (C=O) groups excluding carboxylic acids is 1. The van der Waals surface area contributed by atoms with Crippen molar-refractivity contribution in [3.8, 4) is 11.8 Å². The number of nitrogens with zero attached hydrogens (tertiary/aromatic N) is 1. The van der Waals surface area contributed by atoms with E-state index >= 15 is 0 Å². The number of hydrogen-bond donors (Lipinski definition) is 1. The van der Waals surface area contributed by atoms with E-state index in [2.05, 4.69) is 27.3 Å². The third-order valence-electron chi connectivity index (χ3n) is 3.33. The summed E-state index contributed by atoms with van der Waals surface area (Å²) < 4.78 is 6.60.